The maximum atomic E-state index is 11.8. The van der Waals surface area contributed by atoms with Crippen molar-refractivity contribution in [1.82, 2.24) is 9.55 Å². The molecule has 10 nitrogen and oxygen atoms in total. The van der Waals surface area contributed by atoms with E-state index >= 15 is 0 Å². The molecule has 0 radical (unpaired) electrons. The molecule has 1 aromatic rings. The van der Waals surface area contributed by atoms with E-state index in [4.69, 9.17) is 15.4 Å². The average molecular weight is 297 g/mol. The molecular formula is C11H15N5O5. The van der Waals surface area contributed by atoms with E-state index < -0.39 is 42.3 Å². The molecule has 0 aromatic carbocycles. The number of aromatic nitrogens is 2. The zero-order chi connectivity index (χ0) is 15.6. The van der Waals surface area contributed by atoms with E-state index in [2.05, 4.69) is 15.0 Å². The maximum Gasteiger partial charge on any atom is 0.330 e. The molecule has 3 unspecified atom stereocenters. The van der Waals surface area contributed by atoms with Crippen molar-refractivity contribution in [2.24, 2.45) is 5.11 Å². The van der Waals surface area contributed by atoms with E-state index in [9.17, 15) is 14.7 Å². The molecule has 2 rings (SSSR count). The summed E-state index contributed by atoms with van der Waals surface area (Å²) >= 11 is 0. The Balaban J connectivity index is 2.35. The first-order valence-electron chi connectivity index (χ1n) is 6.28. The monoisotopic (exact) mass is 297 g/mol. The zero-order valence-electron chi connectivity index (χ0n) is 11.2. The van der Waals surface area contributed by atoms with Gasteiger partial charge in [0.15, 0.2) is 0 Å². The van der Waals surface area contributed by atoms with Gasteiger partial charge in [-0.25, -0.2) is 4.79 Å². The number of nitrogens with one attached hydrogen (secondary N) is 1. The van der Waals surface area contributed by atoms with Crippen LogP contribution in [0.4, 0.5) is 0 Å². The standard InChI is InChI=1S/C11H15N5O5/c1-5-3-16(11(20)13-10(5)19)8-2-6(14-15-12)9(21-8)7(18)4-17/h3,6-9,17-18H,2,4H2,1H3,(H,13,19,20)/t6?,7-,8?,9?/m0/s1. The van der Waals surface area contributed by atoms with Crippen molar-refractivity contribution in [3.05, 3.63) is 43.0 Å². The molecule has 0 aliphatic carbocycles. The highest BCUT2D eigenvalue weighted by Gasteiger charge is 2.40. The number of nitrogens with zero attached hydrogens (tertiary/aromatic N) is 4. The number of H-pyrrole nitrogens is 1. The topological polar surface area (TPSA) is 153 Å². The number of ether oxygens (including phenoxy) is 1. The quantitative estimate of drug-likeness (QED) is 0.376. The summed E-state index contributed by atoms with van der Waals surface area (Å²) in [6.07, 6.45) is -1.46. The highest BCUT2D eigenvalue weighted by molar-refractivity contribution is 5.02. The summed E-state index contributed by atoms with van der Waals surface area (Å²) in [5.41, 5.74) is 7.71. The number of hydrogen-bond donors (Lipinski definition) is 3. The molecule has 1 aliphatic heterocycles. The lowest BCUT2D eigenvalue weighted by Gasteiger charge is -2.20. The number of aryl methyl sites for hydroxylation is 1. The van der Waals surface area contributed by atoms with Crippen molar-refractivity contribution >= 4 is 0 Å². The van der Waals surface area contributed by atoms with Crippen LogP contribution in [0.3, 0.4) is 0 Å². The Labute approximate surface area is 118 Å². The molecule has 1 fully saturated rings. The highest BCUT2D eigenvalue weighted by atomic mass is 16.5. The fourth-order valence-corrected chi connectivity index (χ4v) is 2.28. The van der Waals surface area contributed by atoms with Crippen molar-refractivity contribution < 1.29 is 14.9 Å². The molecule has 114 valence electrons. The Morgan fingerprint density at radius 2 is 2.38 bits per heavy atom. The minimum atomic E-state index is -1.23. The molecule has 4 atom stereocenters. The van der Waals surface area contributed by atoms with Crippen molar-refractivity contribution in [3.63, 3.8) is 0 Å². The third kappa shape index (κ3) is 2.98. The molecule has 3 N–H and O–H groups in total. The second kappa shape index (κ2) is 6.10. The summed E-state index contributed by atoms with van der Waals surface area (Å²) in [6, 6.07) is -0.721. The third-order valence-electron chi connectivity index (χ3n) is 3.36. The summed E-state index contributed by atoms with van der Waals surface area (Å²) in [5.74, 6) is 0. The van der Waals surface area contributed by atoms with E-state index in [1.807, 2.05) is 0 Å². The van der Waals surface area contributed by atoms with Gasteiger partial charge >= 0.3 is 5.69 Å². The van der Waals surface area contributed by atoms with Gasteiger partial charge in [-0.15, -0.1) is 0 Å². The number of rotatable bonds is 4. The summed E-state index contributed by atoms with van der Waals surface area (Å²) in [5, 5.41) is 22.2. The second-order valence-electron chi connectivity index (χ2n) is 4.79. The van der Waals surface area contributed by atoms with Crippen LogP contribution in [-0.2, 0) is 4.74 Å². The minimum Gasteiger partial charge on any atom is -0.394 e. The number of aliphatic hydroxyl groups excluding tert-OH is 2. The maximum absolute atomic E-state index is 11.8. The summed E-state index contributed by atoms with van der Waals surface area (Å²) in [7, 11) is 0. The number of aromatic amines is 1. The number of azide groups is 1. The van der Waals surface area contributed by atoms with E-state index in [1.165, 1.54) is 17.7 Å². The van der Waals surface area contributed by atoms with Gasteiger partial charge in [0.2, 0.25) is 0 Å². The molecular weight excluding hydrogens is 282 g/mol. The van der Waals surface area contributed by atoms with Gasteiger partial charge < -0.3 is 14.9 Å². The molecule has 1 aromatic heterocycles. The Morgan fingerprint density at radius 1 is 1.67 bits per heavy atom. The predicted octanol–water partition coefficient (Wildman–Crippen LogP) is -0.835. The second-order valence-corrected chi connectivity index (χ2v) is 4.79. The van der Waals surface area contributed by atoms with Crippen LogP contribution < -0.4 is 11.2 Å². The van der Waals surface area contributed by atoms with Crippen LogP contribution in [-0.4, -0.2) is 44.6 Å². The van der Waals surface area contributed by atoms with Crippen LogP contribution in [0.5, 0.6) is 0 Å². The van der Waals surface area contributed by atoms with Crippen molar-refractivity contribution in [2.75, 3.05) is 6.61 Å². The van der Waals surface area contributed by atoms with E-state index in [-0.39, 0.29) is 6.42 Å². The van der Waals surface area contributed by atoms with E-state index in [1.54, 1.807) is 0 Å². The fraction of sp³-hybridized carbons (Fsp3) is 0.636. The fourth-order valence-electron chi connectivity index (χ4n) is 2.28. The summed E-state index contributed by atoms with van der Waals surface area (Å²) < 4.78 is 6.67. The normalized spacial score (nSPS) is 26.3. The van der Waals surface area contributed by atoms with Gasteiger partial charge in [0.1, 0.15) is 12.3 Å². The van der Waals surface area contributed by atoms with Crippen LogP contribution >= 0.6 is 0 Å². The minimum absolute atomic E-state index is 0.150. The molecule has 0 amide bonds. The molecule has 0 saturated carbocycles. The van der Waals surface area contributed by atoms with E-state index in [0.29, 0.717) is 5.56 Å². The number of aliphatic hydroxyl groups is 2. The Bertz CT molecular complexity index is 676. The Morgan fingerprint density at radius 3 is 3.00 bits per heavy atom. The molecule has 1 aliphatic rings. The number of hydrogen-bond acceptors (Lipinski definition) is 6. The molecule has 10 heteroatoms. The van der Waals surface area contributed by atoms with Crippen molar-refractivity contribution in [2.45, 2.75) is 37.8 Å². The lowest BCUT2D eigenvalue weighted by Crippen LogP contribution is -2.37. The predicted molar refractivity (Wildman–Crippen MR) is 70.6 cm³/mol. The van der Waals surface area contributed by atoms with E-state index in [0.717, 1.165) is 0 Å². The lowest BCUT2D eigenvalue weighted by molar-refractivity contribution is -0.0781. The molecule has 2 heterocycles. The van der Waals surface area contributed by atoms with Crippen LogP contribution in [0.15, 0.2) is 20.9 Å². The van der Waals surface area contributed by atoms with Gasteiger partial charge in [0.05, 0.1) is 18.8 Å². The van der Waals surface area contributed by atoms with Gasteiger partial charge in [0, 0.05) is 23.1 Å². The van der Waals surface area contributed by atoms with Crippen LogP contribution in [0, 0.1) is 6.92 Å². The van der Waals surface area contributed by atoms with Crippen LogP contribution in [0.2, 0.25) is 0 Å². The SMILES string of the molecule is Cc1cn(C2CC(N=[N+]=[N-])C([C@@H](O)CO)O2)c(=O)[nH]c1=O. The molecule has 1 saturated heterocycles. The Kier molecular flexibility index (Phi) is 4.43. The van der Waals surface area contributed by atoms with Crippen molar-refractivity contribution in [1.29, 1.82) is 0 Å². The van der Waals surface area contributed by atoms with Gasteiger partial charge in [0.25, 0.3) is 5.56 Å². The van der Waals surface area contributed by atoms with Crippen molar-refractivity contribution in [3.8, 4) is 0 Å². The highest BCUT2D eigenvalue weighted by Crippen LogP contribution is 2.31. The lowest BCUT2D eigenvalue weighted by atomic mass is 10.1. The summed E-state index contributed by atoms with van der Waals surface area (Å²) in [4.78, 5) is 28.0. The largest absolute Gasteiger partial charge is 0.394 e. The first-order valence-corrected chi connectivity index (χ1v) is 6.28. The van der Waals surface area contributed by atoms with Gasteiger partial charge in [-0.05, 0) is 12.5 Å². The smallest absolute Gasteiger partial charge is 0.330 e. The Hall–Kier alpha value is -2.13. The zero-order valence-corrected chi connectivity index (χ0v) is 11.2. The first kappa shape index (κ1) is 15.3. The summed E-state index contributed by atoms with van der Waals surface area (Å²) in [6.45, 7) is 0.975. The first-order chi connectivity index (χ1) is 9.97. The molecule has 0 spiro atoms. The van der Waals surface area contributed by atoms with Gasteiger partial charge in [-0.3, -0.25) is 14.3 Å². The molecule has 0 bridgehead atoms. The van der Waals surface area contributed by atoms with Gasteiger partial charge in [-0.2, -0.15) is 0 Å². The van der Waals surface area contributed by atoms with Crippen LogP contribution in [0.25, 0.3) is 10.4 Å². The average Bonchev–Trinajstić information content (AvgIpc) is 2.86. The van der Waals surface area contributed by atoms with Crippen LogP contribution in [0.1, 0.15) is 18.2 Å². The van der Waals surface area contributed by atoms with Gasteiger partial charge in [-0.1, -0.05) is 5.11 Å². The third-order valence-corrected chi connectivity index (χ3v) is 3.36. The molecule has 21 heavy (non-hydrogen) atoms.